The number of hydrogen-bond acceptors (Lipinski definition) is 6. The highest BCUT2D eigenvalue weighted by Crippen LogP contribution is 2.19. The number of rotatable bonds is 9. The number of ether oxygens (including phenoxy) is 2. The van der Waals surface area contributed by atoms with Gasteiger partial charge in [-0.15, -0.1) is 5.10 Å². The van der Waals surface area contributed by atoms with Crippen LogP contribution in [0.2, 0.25) is 0 Å². The van der Waals surface area contributed by atoms with Crippen molar-refractivity contribution >= 4 is 11.8 Å². The van der Waals surface area contributed by atoms with Gasteiger partial charge in [0.25, 0.3) is 11.8 Å². The summed E-state index contributed by atoms with van der Waals surface area (Å²) in [7, 11) is 1.40. The van der Waals surface area contributed by atoms with Gasteiger partial charge < -0.3 is 20.1 Å². The first-order valence-corrected chi connectivity index (χ1v) is 9.68. The Hall–Kier alpha value is -4.09. The van der Waals surface area contributed by atoms with Gasteiger partial charge in [-0.2, -0.15) is 13.2 Å². The lowest BCUT2D eigenvalue weighted by atomic mass is 10.2. The third kappa shape index (κ3) is 6.69. The van der Waals surface area contributed by atoms with Crippen LogP contribution in [-0.2, 0) is 0 Å². The van der Waals surface area contributed by atoms with E-state index in [0.29, 0.717) is 0 Å². The fraction of sp³-hybridized carbons (Fsp3) is 0.238. The number of para-hydroxylation sites is 1. The molecule has 0 atom stereocenters. The van der Waals surface area contributed by atoms with Crippen LogP contribution in [-0.4, -0.2) is 59.6 Å². The quantitative estimate of drug-likeness (QED) is 0.472. The van der Waals surface area contributed by atoms with Crippen molar-refractivity contribution in [1.29, 1.82) is 0 Å². The first kappa shape index (κ1) is 23.6. The summed E-state index contributed by atoms with van der Waals surface area (Å²) >= 11 is 0. The van der Waals surface area contributed by atoms with Crippen LogP contribution in [0.1, 0.15) is 20.7 Å². The molecule has 0 fully saturated rings. The third-order valence-electron chi connectivity index (χ3n) is 4.22. The maximum atomic E-state index is 12.5. The van der Waals surface area contributed by atoms with E-state index in [1.807, 2.05) is 30.3 Å². The van der Waals surface area contributed by atoms with Crippen molar-refractivity contribution in [3.63, 3.8) is 0 Å². The van der Waals surface area contributed by atoms with Crippen LogP contribution in [0.3, 0.4) is 0 Å². The van der Waals surface area contributed by atoms with Crippen molar-refractivity contribution in [2.24, 2.45) is 0 Å². The summed E-state index contributed by atoms with van der Waals surface area (Å²) in [5, 5.41) is 9.46. The fourth-order valence-electron chi connectivity index (χ4n) is 2.68. The number of hydrogen-bond donors (Lipinski definition) is 2. The molecule has 0 spiro atoms. The van der Waals surface area contributed by atoms with E-state index in [-0.39, 0.29) is 36.0 Å². The lowest BCUT2D eigenvalue weighted by molar-refractivity contribution is -0.154. The zero-order valence-electron chi connectivity index (χ0n) is 17.4. The molecule has 2 aromatic heterocycles. The second-order valence-electron chi connectivity index (χ2n) is 6.63. The molecule has 2 amide bonds. The molecule has 0 aliphatic heterocycles. The summed E-state index contributed by atoms with van der Waals surface area (Å²) in [5.41, 5.74) is 1.11. The summed E-state index contributed by atoms with van der Waals surface area (Å²) in [6.07, 6.45) is -1.84. The number of carbonyl (C=O) groups is 2. The van der Waals surface area contributed by atoms with Gasteiger partial charge in [0.15, 0.2) is 6.61 Å². The minimum atomic E-state index is -4.48. The van der Waals surface area contributed by atoms with E-state index in [2.05, 4.69) is 25.5 Å². The molecule has 0 bridgehead atoms. The number of halogens is 3. The molecule has 0 unspecified atom stereocenters. The Morgan fingerprint density at radius 2 is 1.73 bits per heavy atom. The molecule has 12 heteroatoms. The van der Waals surface area contributed by atoms with Crippen molar-refractivity contribution in [3.8, 4) is 17.4 Å². The van der Waals surface area contributed by atoms with Gasteiger partial charge in [-0.05, 0) is 18.2 Å². The fourth-order valence-corrected chi connectivity index (χ4v) is 2.68. The normalized spacial score (nSPS) is 11.0. The summed E-state index contributed by atoms with van der Waals surface area (Å²) in [6, 6.07) is 11.6. The van der Waals surface area contributed by atoms with Gasteiger partial charge in [0.05, 0.1) is 18.4 Å². The Bertz CT molecular complexity index is 1090. The monoisotopic (exact) mass is 463 g/mol. The van der Waals surface area contributed by atoms with Gasteiger partial charge >= 0.3 is 6.18 Å². The van der Waals surface area contributed by atoms with Gasteiger partial charge in [0.2, 0.25) is 11.8 Å². The molecule has 174 valence electrons. The van der Waals surface area contributed by atoms with Crippen LogP contribution in [0, 0.1) is 0 Å². The Kier molecular flexibility index (Phi) is 7.49. The van der Waals surface area contributed by atoms with Gasteiger partial charge in [0, 0.05) is 31.5 Å². The molecule has 0 aliphatic carbocycles. The number of benzene rings is 1. The van der Waals surface area contributed by atoms with Gasteiger partial charge in [-0.25, -0.2) is 9.67 Å². The first-order chi connectivity index (χ1) is 15.8. The lowest BCUT2D eigenvalue weighted by Gasteiger charge is -2.09. The van der Waals surface area contributed by atoms with Crippen LogP contribution in [0.15, 0.2) is 54.9 Å². The third-order valence-corrected chi connectivity index (χ3v) is 4.22. The summed E-state index contributed by atoms with van der Waals surface area (Å²) in [6.45, 7) is -1.25. The second-order valence-corrected chi connectivity index (χ2v) is 6.63. The molecule has 33 heavy (non-hydrogen) atoms. The molecule has 2 heterocycles. The lowest BCUT2D eigenvalue weighted by Crippen LogP contribution is -2.34. The average Bonchev–Trinajstić information content (AvgIpc) is 3.25. The molecule has 2 N–H and O–H groups in total. The number of carbonyl (C=O) groups excluding carboxylic acids is 2. The molecule has 9 nitrogen and oxygen atoms in total. The van der Waals surface area contributed by atoms with E-state index in [0.717, 1.165) is 11.9 Å². The highest BCUT2D eigenvalue weighted by atomic mass is 19.4. The SMILES string of the molecule is COc1nn(-c2ccccc2)cc1C(=O)NCCNC(=O)c1ccc(OCC(F)(F)F)nc1. The maximum Gasteiger partial charge on any atom is 0.422 e. The molecule has 0 aliphatic rings. The number of aromatic nitrogens is 3. The predicted octanol–water partition coefficient (Wildman–Crippen LogP) is 2.38. The number of nitrogens with one attached hydrogen (secondary N) is 2. The molecular formula is C21H20F3N5O4. The Morgan fingerprint density at radius 3 is 2.33 bits per heavy atom. The molecule has 3 aromatic rings. The Morgan fingerprint density at radius 1 is 1.03 bits per heavy atom. The largest absolute Gasteiger partial charge is 0.479 e. The van der Waals surface area contributed by atoms with E-state index in [4.69, 9.17) is 4.74 Å². The topological polar surface area (TPSA) is 107 Å². The van der Waals surface area contributed by atoms with Gasteiger partial charge in [-0.1, -0.05) is 18.2 Å². The van der Waals surface area contributed by atoms with Gasteiger partial charge in [0.1, 0.15) is 5.56 Å². The minimum absolute atomic E-state index is 0.103. The first-order valence-electron chi connectivity index (χ1n) is 9.68. The molecule has 0 saturated heterocycles. The highest BCUT2D eigenvalue weighted by molar-refractivity contribution is 5.96. The standard InChI is InChI=1S/C21H20F3N5O4/c1-32-20-16(12-29(28-20)15-5-3-2-4-6-15)19(31)26-10-9-25-18(30)14-7-8-17(27-11-14)33-13-21(22,23)24/h2-8,11-12H,9-10,13H2,1H3,(H,25,30)(H,26,31). The van der Waals surface area contributed by atoms with Crippen LogP contribution < -0.4 is 20.1 Å². The minimum Gasteiger partial charge on any atom is -0.479 e. The van der Waals surface area contributed by atoms with Crippen molar-refractivity contribution in [2.75, 3.05) is 26.8 Å². The number of pyridine rings is 1. The molecule has 0 saturated carbocycles. The van der Waals surface area contributed by atoms with Gasteiger partial charge in [-0.3, -0.25) is 9.59 Å². The predicted molar refractivity (Wildman–Crippen MR) is 111 cm³/mol. The van der Waals surface area contributed by atoms with E-state index in [1.165, 1.54) is 30.1 Å². The number of nitrogens with zero attached hydrogens (tertiary/aromatic N) is 3. The second kappa shape index (κ2) is 10.5. The summed E-state index contributed by atoms with van der Waals surface area (Å²) < 4.78 is 47.6. The van der Waals surface area contributed by atoms with Crippen LogP contribution in [0.4, 0.5) is 13.2 Å². The van der Waals surface area contributed by atoms with Crippen molar-refractivity contribution < 1.29 is 32.2 Å². The summed E-state index contributed by atoms with van der Waals surface area (Å²) in [5.74, 6) is -1.04. The molecule has 3 rings (SSSR count). The number of amides is 2. The number of methoxy groups -OCH3 is 1. The zero-order valence-corrected chi connectivity index (χ0v) is 17.4. The highest BCUT2D eigenvalue weighted by Gasteiger charge is 2.28. The maximum absolute atomic E-state index is 12.5. The molecule has 1 aromatic carbocycles. The van der Waals surface area contributed by atoms with Crippen LogP contribution >= 0.6 is 0 Å². The van der Waals surface area contributed by atoms with Crippen LogP contribution in [0.5, 0.6) is 11.8 Å². The van der Waals surface area contributed by atoms with E-state index >= 15 is 0 Å². The van der Waals surface area contributed by atoms with E-state index < -0.39 is 24.6 Å². The molecular weight excluding hydrogens is 443 g/mol. The number of alkyl halides is 3. The molecule has 0 radical (unpaired) electrons. The average molecular weight is 463 g/mol. The zero-order chi connectivity index (χ0) is 23.8. The van der Waals surface area contributed by atoms with E-state index in [9.17, 15) is 22.8 Å². The van der Waals surface area contributed by atoms with Crippen molar-refractivity contribution in [1.82, 2.24) is 25.4 Å². The van der Waals surface area contributed by atoms with Crippen molar-refractivity contribution in [3.05, 3.63) is 66.0 Å². The van der Waals surface area contributed by atoms with E-state index in [1.54, 1.807) is 0 Å². The van der Waals surface area contributed by atoms with Crippen LogP contribution in [0.25, 0.3) is 5.69 Å². The smallest absolute Gasteiger partial charge is 0.422 e. The summed E-state index contributed by atoms with van der Waals surface area (Å²) in [4.78, 5) is 28.3. The Balaban J connectivity index is 1.48. The Labute approximate surface area is 186 Å². The van der Waals surface area contributed by atoms with Crippen molar-refractivity contribution in [2.45, 2.75) is 6.18 Å².